The first-order valence-electron chi connectivity index (χ1n) is 5.66. The average molecular weight is 281 g/mol. The molecule has 0 saturated heterocycles. The van der Waals surface area contributed by atoms with Crippen molar-refractivity contribution in [1.82, 2.24) is 4.98 Å². The lowest BCUT2D eigenvalue weighted by Crippen LogP contribution is -2.18. The minimum Gasteiger partial charge on any atom is -0.368 e. The summed E-state index contributed by atoms with van der Waals surface area (Å²) in [6.45, 7) is 0.727. The van der Waals surface area contributed by atoms with Crippen LogP contribution in [0.3, 0.4) is 0 Å². The predicted octanol–water partition coefficient (Wildman–Crippen LogP) is 4.11. The fourth-order valence-electron chi connectivity index (χ4n) is 1.86. The number of hydrogen-bond donors (Lipinski definition) is 0. The van der Waals surface area contributed by atoms with E-state index in [0.717, 1.165) is 23.5 Å². The van der Waals surface area contributed by atoms with Crippen molar-refractivity contribution in [3.05, 3.63) is 58.9 Å². The van der Waals surface area contributed by atoms with Gasteiger partial charge in [-0.2, -0.15) is 0 Å². The number of rotatable bonds is 4. The molecule has 1 aromatic carbocycles. The molecule has 0 amide bonds. The second-order valence-corrected chi connectivity index (χ2v) is 4.72. The van der Waals surface area contributed by atoms with Gasteiger partial charge in [0.1, 0.15) is 0 Å². The lowest BCUT2D eigenvalue weighted by Gasteiger charge is -2.22. The van der Waals surface area contributed by atoms with Gasteiger partial charge in [-0.15, -0.1) is 11.6 Å². The molecule has 0 N–H and O–H groups in total. The van der Waals surface area contributed by atoms with Crippen LogP contribution in [-0.4, -0.2) is 12.0 Å². The third-order valence-corrected chi connectivity index (χ3v) is 3.39. The minimum absolute atomic E-state index is 0.404. The fraction of sp³-hybridized carbons (Fsp3) is 0.214. The Bertz CT molecular complexity index is 514. The Morgan fingerprint density at radius 1 is 1.17 bits per heavy atom. The summed E-state index contributed by atoms with van der Waals surface area (Å²) in [7, 11) is 2.01. The largest absolute Gasteiger partial charge is 0.368 e. The fourth-order valence-corrected chi connectivity index (χ4v) is 2.44. The summed E-state index contributed by atoms with van der Waals surface area (Å²) in [5.41, 5.74) is 3.02. The molecule has 4 heteroatoms. The van der Waals surface area contributed by atoms with Crippen LogP contribution in [0.1, 0.15) is 11.3 Å². The number of anilines is 1. The molecule has 0 fully saturated rings. The summed E-state index contributed by atoms with van der Waals surface area (Å²) in [6, 6.07) is 11.7. The number of aromatic nitrogens is 1. The van der Waals surface area contributed by atoms with Crippen LogP contribution in [0.25, 0.3) is 0 Å². The second kappa shape index (κ2) is 6.07. The first-order chi connectivity index (χ1) is 8.72. The van der Waals surface area contributed by atoms with Gasteiger partial charge in [-0.3, -0.25) is 4.98 Å². The second-order valence-electron chi connectivity index (χ2n) is 4.05. The van der Waals surface area contributed by atoms with Gasteiger partial charge < -0.3 is 4.90 Å². The number of nitrogens with zero attached hydrogens (tertiary/aromatic N) is 2. The molecule has 0 aliphatic heterocycles. The summed E-state index contributed by atoms with van der Waals surface area (Å²) in [5, 5.41) is 0.704. The van der Waals surface area contributed by atoms with Gasteiger partial charge in [0, 0.05) is 29.5 Å². The molecule has 0 aliphatic carbocycles. The summed E-state index contributed by atoms with van der Waals surface area (Å²) in [5.74, 6) is 0.404. The van der Waals surface area contributed by atoms with Crippen LogP contribution in [0.4, 0.5) is 5.69 Å². The standard InChI is InChI=1S/C14H14Cl2N2/c1-18(10-11-5-2-3-8-17-11)14-7-4-6-13(16)12(14)9-15/h2-8H,9-10H2,1H3. The van der Waals surface area contributed by atoms with Crippen molar-refractivity contribution >= 4 is 28.9 Å². The van der Waals surface area contributed by atoms with Gasteiger partial charge in [0.15, 0.2) is 0 Å². The molecule has 0 saturated carbocycles. The van der Waals surface area contributed by atoms with Crippen LogP contribution in [0, 0.1) is 0 Å². The number of benzene rings is 1. The van der Waals surface area contributed by atoms with Crippen molar-refractivity contribution in [2.45, 2.75) is 12.4 Å². The van der Waals surface area contributed by atoms with Gasteiger partial charge in [0.25, 0.3) is 0 Å². The molecule has 1 heterocycles. The SMILES string of the molecule is CN(Cc1ccccn1)c1cccc(Cl)c1CCl. The van der Waals surface area contributed by atoms with Gasteiger partial charge in [-0.05, 0) is 24.3 Å². The van der Waals surface area contributed by atoms with E-state index in [-0.39, 0.29) is 0 Å². The van der Waals surface area contributed by atoms with Gasteiger partial charge in [-0.25, -0.2) is 0 Å². The quantitative estimate of drug-likeness (QED) is 0.784. The molecule has 2 rings (SSSR count). The maximum atomic E-state index is 6.15. The molecule has 2 nitrogen and oxygen atoms in total. The van der Waals surface area contributed by atoms with Gasteiger partial charge in [0.05, 0.1) is 18.1 Å². The maximum Gasteiger partial charge on any atom is 0.0598 e. The molecule has 0 unspecified atom stereocenters. The first-order valence-corrected chi connectivity index (χ1v) is 6.58. The number of pyridine rings is 1. The molecule has 0 aliphatic rings. The summed E-state index contributed by atoms with van der Waals surface area (Å²) >= 11 is 12.1. The summed E-state index contributed by atoms with van der Waals surface area (Å²) in [4.78, 5) is 6.42. The molecular formula is C14H14Cl2N2. The van der Waals surface area contributed by atoms with E-state index in [1.54, 1.807) is 6.20 Å². The maximum absolute atomic E-state index is 6.15. The van der Waals surface area contributed by atoms with Crippen molar-refractivity contribution in [1.29, 1.82) is 0 Å². The summed E-state index contributed by atoms with van der Waals surface area (Å²) in [6.07, 6.45) is 1.80. The highest BCUT2D eigenvalue weighted by Crippen LogP contribution is 2.29. The molecule has 0 spiro atoms. The number of halogens is 2. The average Bonchev–Trinajstić information content (AvgIpc) is 2.39. The van der Waals surface area contributed by atoms with Gasteiger partial charge >= 0.3 is 0 Å². The minimum atomic E-state index is 0.404. The zero-order valence-electron chi connectivity index (χ0n) is 10.1. The zero-order valence-corrected chi connectivity index (χ0v) is 11.6. The van der Waals surface area contributed by atoms with E-state index >= 15 is 0 Å². The highest BCUT2D eigenvalue weighted by Gasteiger charge is 2.10. The Morgan fingerprint density at radius 3 is 2.67 bits per heavy atom. The normalized spacial score (nSPS) is 10.4. The molecule has 1 aromatic heterocycles. The van der Waals surface area contributed by atoms with E-state index < -0.39 is 0 Å². The Kier molecular flexibility index (Phi) is 4.45. The summed E-state index contributed by atoms with van der Waals surface area (Å²) < 4.78 is 0. The Morgan fingerprint density at radius 2 is 2.00 bits per heavy atom. The number of alkyl halides is 1. The third kappa shape index (κ3) is 2.95. The van der Waals surface area contributed by atoms with Crippen LogP contribution in [0.15, 0.2) is 42.6 Å². The molecule has 2 aromatic rings. The molecule has 18 heavy (non-hydrogen) atoms. The monoisotopic (exact) mass is 280 g/mol. The molecule has 0 atom stereocenters. The lowest BCUT2D eigenvalue weighted by atomic mass is 10.1. The van der Waals surface area contributed by atoms with Crippen molar-refractivity contribution < 1.29 is 0 Å². The van der Waals surface area contributed by atoms with Crippen molar-refractivity contribution in [2.24, 2.45) is 0 Å². The van der Waals surface area contributed by atoms with E-state index in [1.165, 1.54) is 0 Å². The predicted molar refractivity (Wildman–Crippen MR) is 77.4 cm³/mol. The van der Waals surface area contributed by atoms with E-state index in [1.807, 2.05) is 43.4 Å². The molecule has 0 bridgehead atoms. The first kappa shape index (κ1) is 13.2. The Balaban J connectivity index is 2.24. The Hall–Kier alpha value is -1.25. The van der Waals surface area contributed by atoms with E-state index in [2.05, 4.69) is 9.88 Å². The molecule has 0 radical (unpaired) electrons. The van der Waals surface area contributed by atoms with Gasteiger partial charge in [-0.1, -0.05) is 23.7 Å². The highest BCUT2D eigenvalue weighted by atomic mass is 35.5. The van der Waals surface area contributed by atoms with Crippen LogP contribution in [0.2, 0.25) is 5.02 Å². The number of hydrogen-bond acceptors (Lipinski definition) is 2. The zero-order chi connectivity index (χ0) is 13.0. The van der Waals surface area contributed by atoms with Crippen molar-refractivity contribution in [3.8, 4) is 0 Å². The molecular weight excluding hydrogens is 267 g/mol. The topological polar surface area (TPSA) is 16.1 Å². The Labute approximate surface area is 117 Å². The van der Waals surface area contributed by atoms with Crippen LogP contribution in [-0.2, 0) is 12.4 Å². The van der Waals surface area contributed by atoms with Crippen LogP contribution >= 0.6 is 23.2 Å². The van der Waals surface area contributed by atoms with Gasteiger partial charge in [0.2, 0.25) is 0 Å². The van der Waals surface area contributed by atoms with Crippen molar-refractivity contribution in [2.75, 3.05) is 11.9 Å². The third-order valence-electron chi connectivity index (χ3n) is 2.76. The van der Waals surface area contributed by atoms with E-state index in [4.69, 9.17) is 23.2 Å². The lowest BCUT2D eigenvalue weighted by molar-refractivity contribution is 0.880. The van der Waals surface area contributed by atoms with Crippen LogP contribution in [0.5, 0.6) is 0 Å². The smallest absolute Gasteiger partial charge is 0.0598 e. The van der Waals surface area contributed by atoms with Crippen LogP contribution < -0.4 is 4.90 Å². The van der Waals surface area contributed by atoms with Crippen molar-refractivity contribution in [3.63, 3.8) is 0 Å². The molecule has 94 valence electrons. The highest BCUT2D eigenvalue weighted by molar-refractivity contribution is 6.32. The van der Waals surface area contributed by atoms with E-state index in [0.29, 0.717) is 10.9 Å². The van der Waals surface area contributed by atoms with E-state index in [9.17, 15) is 0 Å².